The van der Waals surface area contributed by atoms with Gasteiger partial charge in [0.15, 0.2) is 0 Å². The SMILES string of the molecule is CN(C)CCCSc1ccccc1N=Cc1ccccc1. The molecule has 21 heavy (non-hydrogen) atoms. The number of aliphatic imine (C=N–C) groups is 1. The highest BCUT2D eigenvalue weighted by molar-refractivity contribution is 7.99. The first kappa shape index (κ1) is 15.8. The van der Waals surface area contributed by atoms with Gasteiger partial charge in [-0.15, -0.1) is 11.8 Å². The average molecular weight is 298 g/mol. The molecule has 2 aromatic rings. The summed E-state index contributed by atoms with van der Waals surface area (Å²) in [7, 11) is 4.23. The van der Waals surface area contributed by atoms with Crippen LogP contribution >= 0.6 is 11.8 Å². The Kier molecular flexibility index (Phi) is 6.51. The maximum absolute atomic E-state index is 4.63. The highest BCUT2D eigenvalue weighted by Crippen LogP contribution is 2.29. The average Bonchev–Trinajstić information content (AvgIpc) is 2.51. The summed E-state index contributed by atoms with van der Waals surface area (Å²) in [6.45, 7) is 1.13. The first-order chi connectivity index (χ1) is 10.3. The fourth-order valence-electron chi connectivity index (χ4n) is 1.93. The van der Waals surface area contributed by atoms with Gasteiger partial charge in [0.2, 0.25) is 0 Å². The van der Waals surface area contributed by atoms with Gasteiger partial charge < -0.3 is 4.90 Å². The molecule has 0 spiro atoms. The molecular weight excluding hydrogens is 276 g/mol. The molecule has 0 aliphatic carbocycles. The minimum atomic E-state index is 1.05. The van der Waals surface area contributed by atoms with Crippen molar-refractivity contribution in [2.24, 2.45) is 4.99 Å². The van der Waals surface area contributed by atoms with Gasteiger partial charge in [-0.3, -0.25) is 4.99 Å². The van der Waals surface area contributed by atoms with Gasteiger partial charge >= 0.3 is 0 Å². The fourth-order valence-corrected chi connectivity index (χ4v) is 2.87. The van der Waals surface area contributed by atoms with Crippen LogP contribution in [0.2, 0.25) is 0 Å². The van der Waals surface area contributed by atoms with Crippen LogP contribution in [0.1, 0.15) is 12.0 Å². The van der Waals surface area contributed by atoms with Gasteiger partial charge in [0.25, 0.3) is 0 Å². The van der Waals surface area contributed by atoms with Gasteiger partial charge in [0, 0.05) is 11.1 Å². The van der Waals surface area contributed by atoms with E-state index in [4.69, 9.17) is 0 Å². The van der Waals surface area contributed by atoms with Crippen molar-refractivity contribution in [3.63, 3.8) is 0 Å². The van der Waals surface area contributed by atoms with Crippen molar-refractivity contribution in [2.75, 3.05) is 26.4 Å². The standard InChI is InChI=1S/C18H22N2S/c1-20(2)13-8-14-21-18-12-7-6-11-17(18)19-15-16-9-4-3-5-10-16/h3-7,9-12,15H,8,13-14H2,1-2H3. The molecule has 0 aromatic heterocycles. The predicted molar refractivity (Wildman–Crippen MR) is 94.0 cm³/mol. The van der Waals surface area contributed by atoms with E-state index in [2.05, 4.69) is 54.3 Å². The molecule has 0 saturated heterocycles. The van der Waals surface area contributed by atoms with Crippen molar-refractivity contribution in [3.05, 3.63) is 60.2 Å². The van der Waals surface area contributed by atoms with Crippen molar-refractivity contribution in [1.29, 1.82) is 0 Å². The lowest BCUT2D eigenvalue weighted by atomic mass is 10.2. The molecule has 2 rings (SSSR count). The summed E-state index contributed by atoms with van der Waals surface area (Å²) in [5, 5.41) is 0. The number of hydrogen-bond donors (Lipinski definition) is 0. The summed E-state index contributed by atoms with van der Waals surface area (Å²) < 4.78 is 0. The van der Waals surface area contributed by atoms with Gasteiger partial charge in [-0.25, -0.2) is 0 Å². The molecule has 0 radical (unpaired) electrons. The minimum absolute atomic E-state index is 1.05. The lowest BCUT2D eigenvalue weighted by Crippen LogP contribution is -2.13. The third-order valence-electron chi connectivity index (χ3n) is 3.02. The number of benzene rings is 2. The Labute approximate surface area is 131 Å². The van der Waals surface area contributed by atoms with Crippen molar-refractivity contribution < 1.29 is 0 Å². The second-order valence-corrected chi connectivity index (χ2v) is 6.28. The second-order valence-electron chi connectivity index (χ2n) is 5.14. The predicted octanol–water partition coefficient (Wildman–Crippen LogP) is 4.48. The van der Waals surface area contributed by atoms with Crippen LogP contribution in [0.25, 0.3) is 0 Å². The highest BCUT2D eigenvalue weighted by Gasteiger charge is 2.01. The third kappa shape index (κ3) is 5.74. The molecular formula is C18H22N2S. The molecule has 0 heterocycles. The smallest absolute Gasteiger partial charge is 0.0765 e. The molecule has 2 nitrogen and oxygen atoms in total. The Bertz CT molecular complexity index is 564. The van der Waals surface area contributed by atoms with E-state index >= 15 is 0 Å². The van der Waals surface area contributed by atoms with E-state index in [0.717, 1.165) is 23.5 Å². The number of nitrogens with zero attached hydrogens (tertiary/aromatic N) is 2. The number of para-hydroxylation sites is 1. The topological polar surface area (TPSA) is 15.6 Å². The Morgan fingerprint density at radius 1 is 1.00 bits per heavy atom. The van der Waals surface area contributed by atoms with Crippen LogP contribution in [0.15, 0.2) is 64.5 Å². The van der Waals surface area contributed by atoms with Crippen LogP contribution < -0.4 is 0 Å². The van der Waals surface area contributed by atoms with Crippen LogP contribution in [0.5, 0.6) is 0 Å². The molecule has 0 unspecified atom stereocenters. The quantitative estimate of drug-likeness (QED) is 0.425. The molecule has 3 heteroatoms. The molecule has 2 aromatic carbocycles. The number of rotatable bonds is 7. The summed E-state index contributed by atoms with van der Waals surface area (Å²) in [6.07, 6.45) is 3.12. The third-order valence-corrected chi connectivity index (χ3v) is 4.17. The van der Waals surface area contributed by atoms with E-state index in [0.29, 0.717) is 0 Å². The van der Waals surface area contributed by atoms with Crippen LogP contribution in [0.4, 0.5) is 5.69 Å². The number of hydrogen-bond acceptors (Lipinski definition) is 3. The molecule has 0 N–H and O–H groups in total. The van der Waals surface area contributed by atoms with Gasteiger partial charge in [0.1, 0.15) is 0 Å². The van der Waals surface area contributed by atoms with E-state index < -0.39 is 0 Å². The second kappa shape index (κ2) is 8.65. The molecule has 0 aliphatic rings. The summed E-state index contributed by atoms with van der Waals surface area (Å²) in [5.41, 5.74) is 2.18. The fraction of sp³-hybridized carbons (Fsp3) is 0.278. The monoisotopic (exact) mass is 298 g/mol. The van der Waals surface area contributed by atoms with Crippen molar-refractivity contribution >= 4 is 23.7 Å². The zero-order valence-electron chi connectivity index (χ0n) is 12.7. The zero-order valence-corrected chi connectivity index (χ0v) is 13.5. The highest BCUT2D eigenvalue weighted by atomic mass is 32.2. The van der Waals surface area contributed by atoms with Gasteiger partial charge in [-0.05, 0) is 50.5 Å². The molecule has 0 amide bonds. The first-order valence-corrected chi connectivity index (χ1v) is 8.20. The van der Waals surface area contributed by atoms with Crippen LogP contribution in [-0.2, 0) is 0 Å². The summed E-state index contributed by atoms with van der Waals surface area (Å²) >= 11 is 1.88. The van der Waals surface area contributed by atoms with Crippen molar-refractivity contribution in [3.8, 4) is 0 Å². The maximum Gasteiger partial charge on any atom is 0.0765 e. The Morgan fingerprint density at radius 3 is 2.48 bits per heavy atom. The normalized spacial score (nSPS) is 11.4. The summed E-state index contributed by atoms with van der Waals surface area (Å²) in [6, 6.07) is 18.6. The van der Waals surface area contributed by atoms with E-state index in [-0.39, 0.29) is 0 Å². The van der Waals surface area contributed by atoms with E-state index in [1.54, 1.807) is 0 Å². The molecule has 110 valence electrons. The largest absolute Gasteiger partial charge is 0.309 e. The zero-order chi connectivity index (χ0) is 14.9. The Balaban J connectivity index is 1.98. The summed E-state index contributed by atoms with van der Waals surface area (Å²) in [4.78, 5) is 8.11. The Morgan fingerprint density at radius 2 is 1.71 bits per heavy atom. The van der Waals surface area contributed by atoms with Crippen LogP contribution in [-0.4, -0.2) is 37.5 Å². The molecule has 0 bridgehead atoms. The van der Waals surface area contributed by atoms with E-state index in [9.17, 15) is 0 Å². The number of thioether (sulfide) groups is 1. The molecule has 0 saturated carbocycles. The van der Waals surface area contributed by atoms with Crippen molar-refractivity contribution in [2.45, 2.75) is 11.3 Å². The molecule has 0 aliphatic heterocycles. The van der Waals surface area contributed by atoms with Crippen LogP contribution in [0, 0.1) is 0 Å². The van der Waals surface area contributed by atoms with Gasteiger partial charge in [0.05, 0.1) is 5.69 Å². The lowest BCUT2D eigenvalue weighted by molar-refractivity contribution is 0.410. The lowest BCUT2D eigenvalue weighted by Gasteiger charge is -2.09. The molecule has 0 atom stereocenters. The van der Waals surface area contributed by atoms with Gasteiger partial charge in [-0.2, -0.15) is 0 Å². The van der Waals surface area contributed by atoms with Crippen molar-refractivity contribution in [1.82, 2.24) is 4.90 Å². The van der Waals surface area contributed by atoms with Crippen LogP contribution in [0.3, 0.4) is 0 Å². The maximum atomic E-state index is 4.63. The minimum Gasteiger partial charge on any atom is -0.309 e. The first-order valence-electron chi connectivity index (χ1n) is 7.21. The Hall–Kier alpha value is -1.58. The molecule has 0 fully saturated rings. The summed E-state index contributed by atoms with van der Waals surface area (Å²) in [5.74, 6) is 1.12. The van der Waals surface area contributed by atoms with Gasteiger partial charge in [-0.1, -0.05) is 42.5 Å². The van der Waals surface area contributed by atoms with E-state index in [1.807, 2.05) is 42.2 Å². The van der Waals surface area contributed by atoms with E-state index in [1.165, 1.54) is 11.3 Å².